The summed E-state index contributed by atoms with van der Waals surface area (Å²) < 4.78 is 4.54. The number of amides is 2. The zero-order chi connectivity index (χ0) is 14.5. The quantitative estimate of drug-likeness (QED) is 0.590. The highest BCUT2D eigenvalue weighted by molar-refractivity contribution is 6.05. The topological polar surface area (TPSA) is 75.7 Å². The molecule has 2 aliphatic rings. The standard InChI is InChI=1S/C14H22N2O4/c1-20-13(18)7-8-15-11-9-12(17)16(14(11)19)10-5-3-2-4-6-10/h10-11,15H,2-9H2,1H3. The average molecular weight is 282 g/mol. The normalized spacial score (nSPS) is 24.2. The van der Waals surface area contributed by atoms with Gasteiger partial charge in [0.1, 0.15) is 0 Å². The molecule has 6 heteroatoms. The van der Waals surface area contributed by atoms with Crippen LogP contribution in [0.4, 0.5) is 0 Å². The van der Waals surface area contributed by atoms with Crippen LogP contribution in [-0.2, 0) is 19.1 Å². The van der Waals surface area contributed by atoms with Gasteiger partial charge in [-0.15, -0.1) is 0 Å². The van der Waals surface area contributed by atoms with Crippen LogP contribution in [0, 0.1) is 0 Å². The molecule has 1 heterocycles. The average Bonchev–Trinajstić information content (AvgIpc) is 2.74. The van der Waals surface area contributed by atoms with E-state index in [1.165, 1.54) is 18.4 Å². The highest BCUT2D eigenvalue weighted by Gasteiger charge is 2.42. The molecule has 2 amide bonds. The van der Waals surface area contributed by atoms with Crippen LogP contribution in [0.25, 0.3) is 0 Å². The first-order chi connectivity index (χ1) is 9.63. The van der Waals surface area contributed by atoms with Gasteiger partial charge in [-0.2, -0.15) is 0 Å². The summed E-state index contributed by atoms with van der Waals surface area (Å²) in [5.41, 5.74) is 0. The van der Waals surface area contributed by atoms with Crippen molar-refractivity contribution in [3.05, 3.63) is 0 Å². The maximum atomic E-state index is 12.3. The second kappa shape index (κ2) is 6.83. The number of carbonyl (C=O) groups is 3. The Morgan fingerprint density at radius 3 is 2.65 bits per heavy atom. The Bertz CT molecular complexity index is 391. The number of likely N-dealkylation sites (tertiary alicyclic amines) is 1. The molecule has 112 valence electrons. The highest BCUT2D eigenvalue weighted by Crippen LogP contribution is 2.27. The fourth-order valence-corrected chi connectivity index (χ4v) is 2.98. The van der Waals surface area contributed by atoms with Gasteiger partial charge in [0.15, 0.2) is 0 Å². The summed E-state index contributed by atoms with van der Waals surface area (Å²) in [6.07, 6.45) is 5.62. The van der Waals surface area contributed by atoms with Gasteiger partial charge in [0.05, 0.1) is 26.0 Å². The number of rotatable bonds is 5. The van der Waals surface area contributed by atoms with Crippen molar-refractivity contribution in [3.63, 3.8) is 0 Å². The van der Waals surface area contributed by atoms with E-state index in [-0.39, 0.29) is 36.7 Å². The van der Waals surface area contributed by atoms with Crippen LogP contribution < -0.4 is 5.32 Å². The predicted molar refractivity (Wildman–Crippen MR) is 71.8 cm³/mol. The molecule has 1 N–H and O–H groups in total. The molecule has 0 spiro atoms. The number of hydrogen-bond donors (Lipinski definition) is 1. The molecule has 1 unspecified atom stereocenters. The minimum absolute atomic E-state index is 0.0798. The number of hydrogen-bond acceptors (Lipinski definition) is 5. The Balaban J connectivity index is 1.86. The maximum Gasteiger partial charge on any atom is 0.306 e. The summed E-state index contributed by atoms with van der Waals surface area (Å²) >= 11 is 0. The molecular formula is C14H22N2O4. The Morgan fingerprint density at radius 2 is 2.00 bits per heavy atom. The number of methoxy groups -OCH3 is 1. The lowest BCUT2D eigenvalue weighted by Crippen LogP contribution is -2.45. The number of nitrogens with one attached hydrogen (secondary N) is 1. The van der Waals surface area contributed by atoms with E-state index in [1.807, 2.05) is 0 Å². The summed E-state index contributed by atoms with van der Waals surface area (Å²) in [6, 6.07) is -0.398. The van der Waals surface area contributed by atoms with Crippen molar-refractivity contribution in [2.24, 2.45) is 0 Å². The molecule has 0 aromatic carbocycles. The molecule has 6 nitrogen and oxygen atoms in total. The van der Waals surface area contributed by atoms with Gasteiger partial charge < -0.3 is 10.1 Å². The second-order valence-corrected chi connectivity index (χ2v) is 5.43. The van der Waals surface area contributed by atoms with Crippen molar-refractivity contribution >= 4 is 17.8 Å². The first-order valence-corrected chi connectivity index (χ1v) is 7.29. The number of ether oxygens (including phenoxy) is 1. The van der Waals surface area contributed by atoms with Gasteiger partial charge in [-0.05, 0) is 12.8 Å². The van der Waals surface area contributed by atoms with Crippen LogP contribution in [0.3, 0.4) is 0 Å². The first-order valence-electron chi connectivity index (χ1n) is 7.29. The van der Waals surface area contributed by atoms with Crippen LogP contribution in [0.15, 0.2) is 0 Å². The van der Waals surface area contributed by atoms with Crippen LogP contribution in [0.2, 0.25) is 0 Å². The van der Waals surface area contributed by atoms with E-state index < -0.39 is 6.04 Å². The van der Waals surface area contributed by atoms with Gasteiger partial charge in [0, 0.05) is 12.6 Å². The van der Waals surface area contributed by atoms with E-state index in [4.69, 9.17) is 0 Å². The molecule has 0 aromatic heterocycles. The van der Waals surface area contributed by atoms with Gasteiger partial charge >= 0.3 is 5.97 Å². The summed E-state index contributed by atoms with van der Waals surface area (Å²) in [4.78, 5) is 36.8. The highest BCUT2D eigenvalue weighted by atomic mass is 16.5. The number of carbonyl (C=O) groups excluding carboxylic acids is 3. The van der Waals surface area contributed by atoms with Crippen LogP contribution in [0.5, 0.6) is 0 Å². The number of esters is 1. The summed E-state index contributed by atoms with van der Waals surface area (Å²) in [5.74, 6) is -0.539. The van der Waals surface area contributed by atoms with Crippen molar-refractivity contribution in [2.75, 3.05) is 13.7 Å². The molecule has 2 fully saturated rings. The lowest BCUT2D eigenvalue weighted by Gasteiger charge is -2.29. The van der Waals surface area contributed by atoms with E-state index in [0.29, 0.717) is 6.54 Å². The van der Waals surface area contributed by atoms with Crippen molar-refractivity contribution < 1.29 is 19.1 Å². The lowest BCUT2D eigenvalue weighted by molar-refractivity contribution is -0.143. The third kappa shape index (κ3) is 3.36. The Morgan fingerprint density at radius 1 is 1.30 bits per heavy atom. The lowest BCUT2D eigenvalue weighted by atomic mass is 9.94. The number of imide groups is 1. The second-order valence-electron chi connectivity index (χ2n) is 5.43. The van der Waals surface area contributed by atoms with E-state index >= 15 is 0 Å². The summed E-state index contributed by atoms with van der Waals surface area (Å²) in [7, 11) is 1.33. The molecule has 0 aromatic rings. The zero-order valence-corrected chi connectivity index (χ0v) is 11.9. The first kappa shape index (κ1) is 15.0. The van der Waals surface area contributed by atoms with E-state index in [2.05, 4.69) is 10.1 Å². The molecule has 0 bridgehead atoms. The molecule has 2 rings (SSSR count). The van der Waals surface area contributed by atoms with Gasteiger partial charge in [0.25, 0.3) is 0 Å². The fraction of sp³-hybridized carbons (Fsp3) is 0.786. The zero-order valence-electron chi connectivity index (χ0n) is 11.9. The smallest absolute Gasteiger partial charge is 0.306 e. The largest absolute Gasteiger partial charge is 0.469 e. The SMILES string of the molecule is COC(=O)CCNC1CC(=O)N(C2CCCCC2)C1=O. The Kier molecular flexibility index (Phi) is 5.11. The summed E-state index contributed by atoms with van der Waals surface area (Å²) in [5, 5.41) is 2.98. The van der Waals surface area contributed by atoms with Gasteiger partial charge in [-0.1, -0.05) is 19.3 Å². The molecule has 1 aliphatic heterocycles. The van der Waals surface area contributed by atoms with Crippen molar-refractivity contribution in [2.45, 2.75) is 57.0 Å². The van der Waals surface area contributed by atoms with E-state index in [0.717, 1.165) is 25.7 Å². The maximum absolute atomic E-state index is 12.3. The molecule has 1 aliphatic carbocycles. The molecule has 0 radical (unpaired) electrons. The van der Waals surface area contributed by atoms with Crippen molar-refractivity contribution in [3.8, 4) is 0 Å². The minimum Gasteiger partial charge on any atom is -0.469 e. The minimum atomic E-state index is -0.478. The summed E-state index contributed by atoms with van der Waals surface area (Å²) in [6.45, 7) is 0.356. The Labute approximate surface area is 118 Å². The molecule has 20 heavy (non-hydrogen) atoms. The fourth-order valence-electron chi connectivity index (χ4n) is 2.98. The van der Waals surface area contributed by atoms with Crippen molar-refractivity contribution in [1.82, 2.24) is 10.2 Å². The molecular weight excluding hydrogens is 260 g/mol. The van der Waals surface area contributed by atoms with Gasteiger partial charge in [-0.3, -0.25) is 19.3 Å². The van der Waals surface area contributed by atoms with E-state index in [1.54, 1.807) is 0 Å². The molecule has 1 atom stereocenters. The Hall–Kier alpha value is -1.43. The third-order valence-electron chi connectivity index (χ3n) is 4.07. The van der Waals surface area contributed by atoms with Crippen LogP contribution in [-0.4, -0.2) is 48.4 Å². The predicted octanol–water partition coefficient (Wildman–Crippen LogP) is 0.599. The number of nitrogens with zero attached hydrogens (tertiary/aromatic N) is 1. The van der Waals surface area contributed by atoms with E-state index in [9.17, 15) is 14.4 Å². The van der Waals surface area contributed by atoms with Gasteiger partial charge in [0.2, 0.25) is 11.8 Å². The molecule has 1 saturated carbocycles. The van der Waals surface area contributed by atoms with Crippen LogP contribution >= 0.6 is 0 Å². The molecule has 1 saturated heterocycles. The van der Waals surface area contributed by atoms with Crippen molar-refractivity contribution in [1.29, 1.82) is 0 Å². The van der Waals surface area contributed by atoms with Crippen LogP contribution in [0.1, 0.15) is 44.9 Å². The van der Waals surface area contributed by atoms with Gasteiger partial charge in [-0.25, -0.2) is 0 Å². The third-order valence-corrected chi connectivity index (χ3v) is 4.07. The monoisotopic (exact) mass is 282 g/mol.